The first-order valence-electron chi connectivity index (χ1n) is 5.03. The second-order valence-electron chi connectivity index (χ2n) is 3.62. The average molecular weight is 335 g/mol. The Hall–Kier alpha value is -0.850. The quantitative estimate of drug-likeness (QED) is 0.479. The van der Waals surface area contributed by atoms with Crippen LogP contribution >= 0.6 is 22.6 Å². The second kappa shape index (κ2) is 5.47. The smallest absolute Gasteiger partial charge is 0.271 e. The van der Waals surface area contributed by atoms with Crippen molar-refractivity contribution in [3.05, 3.63) is 31.4 Å². The third-order valence-electron chi connectivity index (χ3n) is 2.62. The third-order valence-corrected chi connectivity index (χ3v) is 3.42. The zero-order chi connectivity index (χ0) is 12.3. The molecule has 0 heterocycles. The Morgan fingerprint density at radius 3 is 2.62 bits per heavy atom. The molecular weight excluding hydrogens is 321 g/mol. The van der Waals surface area contributed by atoms with E-state index in [1.165, 1.54) is 6.07 Å². The Morgan fingerprint density at radius 1 is 1.56 bits per heavy atom. The van der Waals surface area contributed by atoms with Gasteiger partial charge in [-0.1, -0.05) is 13.8 Å². The Balaban J connectivity index is 3.36. The summed E-state index contributed by atoms with van der Waals surface area (Å²) >= 11 is 2.07. The largest absolute Gasteiger partial charge is 0.495 e. The minimum Gasteiger partial charge on any atom is -0.495 e. The van der Waals surface area contributed by atoms with E-state index in [2.05, 4.69) is 29.5 Å². The first-order chi connectivity index (χ1) is 7.51. The monoisotopic (exact) mass is 335 g/mol. The van der Waals surface area contributed by atoms with Gasteiger partial charge in [-0.2, -0.15) is 0 Å². The van der Waals surface area contributed by atoms with Gasteiger partial charge in [0.25, 0.3) is 5.69 Å². The second-order valence-corrected chi connectivity index (χ2v) is 4.78. The van der Waals surface area contributed by atoms with Crippen molar-refractivity contribution in [1.82, 2.24) is 0 Å². The van der Waals surface area contributed by atoms with Crippen molar-refractivity contribution in [2.24, 2.45) is 0 Å². The van der Waals surface area contributed by atoms with Gasteiger partial charge >= 0.3 is 0 Å². The highest BCUT2D eigenvalue weighted by atomic mass is 127. The molecule has 0 aromatic heterocycles. The lowest BCUT2D eigenvalue weighted by molar-refractivity contribution is -0.385. The molecule has 5 heteroatoms. The van der Waals surface area contributed by atoms with Crippen molar-refractivity contribution in [1.29, 1.82) is 0 Å². The van der Waals surface area contributed by atoms with Gasteiger partial charge in [0.1, 0.15) is 5.75 Å². The Bertz CT molecular complexity index is 406. The topological polar surface area (TPSA) is 52.4 Å². The van der Waals surface area contributed by atoms with Crippen molar-refractivity contribution < 1.29 is 9.66 Å². The number of methoxy groups -OCH3 is 1. The zero-order valence-corrected chi connectivity index (χ0v) is 11.6. The fourth-order valence-corrected chi connectivity index (χ4v) is 2.36. The summed E-state index contributed by atoms with van der Waals surface area (Å²) in [6.45, 7) is 4.09. The molecule has 0 spiro atoms. The third kappa shape index (κ3) is 2.63. The molecule has 0 fully saturated rings. The molecule has 0 amide bonds. The van der Waals surface area contributed by atoms with Crippen LogP contribution in [0.2, 0.25) is 0 Å². The zero-order valence-electron chi connectivity index (χ0n) is 9.49. The van der Waals surface area contributed by atoms with Crippen LogP contribution in [-0.2, 0) is 0 Å². The minimum absolute atomic E-state index is 0.125. The van der Waals surface area contributed by atoms with Gasteiger partial charge < -0.3 is 4.74 Å². The van der Waals surface area contributed by atoms with Gasteiger partial charge in [-0.05, 0) is 34.9 Å². The van der Waals surface area contributed by atoms with Crippen LogP contribution in [0.15, 0.2) is 12.1 Å². The molecule has 0 saturated heterocycles. The van der Waals surface area contributed by atoms with Gasteiger partial charge in [-0.3, -0.25) is 10.1 Å². The van der Waals surface area contributed by atoms with E-state index in [1.807, 2.05) is 6.92 Å². The van der Waals surface area contributed by atoms with Gasteiger partial charge in [0.2, 0.25) is 0 Å². The molecule has 0 radical (unpaired) electrons. The first-order valence-corrected chi connectivity index (χ1v) is 6.10. The summed E-state index contributed by atoms with van der Waals surface area (Å²) in [7, 11) is 1.59. The number of hydrogen-bond donors (Lipinski definition) is 0. The lowest BCUT2D eigenvalue weighted by Gasteiger charge is -2.15. The van der Waals surface area contributed by atoms with Crippen LogP contribution in [0.1, 0.15) is 31.7 Å². The van der Waals surface area contributed by atoms with Crippen LogP contribution < -0.4 is 4.74 Å². The highest BCUT2D eigenvalue weighted by molar-refractivity contribution is 14.1. The normalized spacial score (nSPS) is 12.2. The van der Waals surface area contributed by atoms with Crippen molar-refractivity contribution >= 4 is 28.3 Å². The van der Waals surface area contributed by atoms with Gasteiger partial charge in [0, 0.05) is 17.7 Å². The molecule has 4 nitrogen and oxygen atoms in total. The standard InChI is InChI=1S/C11H14INO3/c1-4-7(2)9-5-8(13(14)15)6-10(12)11(9)16-3/h5-7H,4H2,1-3H3. The molecule has 1 unspecified atom stereocenters. The maximum absolute atomic E-state index is 10.8. The van der Waals surface area contributed by atoms with Crippen LogP contribution in [-0.4, -0.2) is 12.0 Å². The molecule has 0 aliphatic heterocycles. The van der Waals surface area contributed by atoms with Gasteiger partial charge in [-0.25, -0.2) is 0 Å². The molecule has 1 rings (SSSR count). The van der Waals surface area contributed by atoms with Crippen molar-refractivity contribution in [3.63, 3.8) is 0 Å². The Labute approximate surface area is 108 Å². The van der Waals surface area contributed by atoms with Crippen molar-refractivity contribution in [2.75, 3.05) is 7.11 Å². The number of nitro benzene ring substituents is 1. The van der Waals surface area contributed by atoms with Crippen LogP contribution in [0, 0.1) is 13.7 Å². The van der Waals surface area contributed by atoms with Crippen LogP contribution in [0.25, 0.3) is 0 Å². The molecule has 0 N–H and O–H groups in total. The maximum Gasteiger partial charge on any atom is 0.271 e. The number of rotatable bonds is 4. The van der Waals surface area contributed by atoms with E-state index in [-0.39, 0.29) is 16.5 Å². The van der Waals surface area contributed by atoms with Gasteiger partial charge in [-0.15, -0.1) is 0 Å². The molecule has 1 aromatic rings. The van der Waals surface area contributed by atoms with E-state index in [1.54, 1.807) is 13.2 Å². The van der Waals surface area contributed by atoms with Crippen LogP contribution in [0.4, 0.5) is 5.69 Å². The molecule has 0 aliphatic rings. The number of nitrogens with zero attached hydrogens (tertiary/aromatic N) is 1. The summed E-state index contributed by atoms with van der Waals surface area (Å²) in [5.74, 6) is 1.00. The fraction of sp³-hybridized carbons (Fsp3) is 0.455. The van der Waals surface area contributed by atoms with E-state index in [4.69, 9.17) is 4.74 Å². The summed E-state index contributed by atoms with van der Waals surface area (Å²) in [4.78, 5) is 10.4. The Kier molecular flexibility index (Phi) is 4.52. The number of hydrogen-bond acceptors (Lipinski definition) is 3. The predicted molar refractivity (Wildman–Crippen MR) is 71.1 cm³/mol. The molecule has 0 saturated carbocycles. The molecule has 1 aromatic carbocycles. The molecule has 16 heavy (non-hydrogen) atoms. The molecule has 88 valence electrons. The number of nitro groups is 1. The number of ether oxygens (including phenoxy) is 1. The van der Waals surface area contributed by atoms with Crippen molar-refractivity contribution in [3.8, 4) is 5.75 Å². The summed E-state index contributed by atoms with van der Waals surface area (Å²) in [6.07, 6.45) is 0.924. The SMILES string of the molecule is CCC(C)c1cc([N+](=O)[O-])cc(I)c1OC. The summed E-state index contributed by atoms with van der Waals surface area (Å²) in [5, 5.41) is 10.8. The minimum atomic E-state index is -0.368. The predicted octanol–water partition coefficient (Wildman–Crippen LogP) is 3.72. The summed E-state index contributed by atoms with van der Waals surface area (Å²) < 4.78 is 6.09. The molecule has 1 atom stereocenters. The van der Waals surface area contributed by atoms with E-state index < -0.39 is 0 Å². The summed E-state index contributed by atoms with van der Waals surface area (Å²) in [6, 6.07) is 3.14. The number of halogens is 1. The first kappa shape index (κ1) is 13.2. The Morgan fingerprint density at radius 2 is 2.19 bits per heavy atom. The summed E-state index contributed by atoms with van der Waals surface area (Å²) in [5.41, 5.74) is 1.03. The lowest BCUT2D eigenvalue weighted by Crippen LogP contribution is -2.01. The molecular formula is C11H14INO3. The van der Waals surface area contributed by atoms with Gasteiger partial charge in [0.05, 0.1) is 15.6 Å². The number of benzene rings is 1. The highest BCUT2D eigenvalue weighted by Crippen LogP contribution is 2.36. The fourth-order valence-electron chi connectivity index (χ4n) is 1.51. The van der Waals surface area contributed by atoms with Crippen molar-refractivity contribution in [2.45, 2.75) is 26.2 Å². The maximum atomic E-state index is 10.8. The molecule has 0 bridgehead atoms. The van der Waals surface area contributed by atoms with E-state index in [0.29, 0.717) is 0 Å². The van der Waals surface area contributed by atoms with Crippen LogP contribution in [0.3, 0.4) is 0 Å². The van der Waals surface area contributed by atoms with E-state index >= 15 is 0 Å². The lowest BCUT2D eigenvalue weighted by atomic mass is 9.97. The van der Waals surface area contributed by atoms with Gasteiger partial charge in [0.15, 0.2) is 0 Å². The highest BCUT2D eigenvalue weighted by Gasteiger charge is 2.18. The van der Waals surface area contributed by atoms with E-state index in [0.717, 1.165) is 21.3 Å². The van der Waals surface area contributed by atoms with Crippen LogP contribution in [0.5, 0.6) is 5.75 Å². The number of non-ortho nitro benzene ring substituents is 1. The molecule has 0 aliphatic carbocycles. The average Bonchev–Trinajstić information content (AvgIpc) is 2.26. The van der Waals surface area contributed by atoms with E-state index in [9.17, 15) is 10.1 Å².